The van der Waals surface area contributed by atoms with E-state index in [0.717, 1.165) is 30.6 Å². The molecular weight excluding hydrogens is 316 g/mol. The van der Waals surface area contributed by atoms with Crippen LogP contribution in [0.1, 0.15) is 50.5 Å². The topological polar surface area (TPSA) is 61.8 Å². The van der Waals surface area contributed by atoms with E-state index in [9.17, 15) is 9.90 Å². The van der Waals surface area contributed by atoms with Crippen molar-refractivity contribution in [3.8, 4) is 5.75 Å². The fraction of sp³-hybridized carbons (Fsp3) is 0.650. The molecule has 1 atom stereocenters. The van der Waals surface area contributed by atoms with E-state index in [2.05, 4.69) is 5.32 Å². The predicted octanol–water partition coefficient (Wildman–Crippen LogP) is 2.47. The molecule has 1 amide bonds. The summed E-state index contributed by atoms with van der Waals surface area (Å²) in [5, 5.41) is 14.4. The number of methoxy groups -OCH3 is 1. The highest BCUT2D eigenvalue weighted by atomic mass is 16.5. The van der Waals surface area contributed by atoms with Gasteiger partial charge in [-0.1, -0.05) is 31.4 Å². The number of ether oxygens (including phenoxy) is 1. The molecule has 1 saturated heterocycles. The minimum atomic E-state index is -1.27. The van der Waals surface area contributed by atoms with Gasteiger partial charge in [0.05, 0.1) is 7.11 Å². The van der Waals surface area contributed by atoms with Gasteiger partial charge in [0.25, 0.3) is 5.91 Å². The van der Waals surface area contributed by atoms with Crippen LogP contribution in [0.3, 0.4) is 0 Å². The third-order valence-electron chi connectivity index (χ3n) is 5.50. The Morgan fingerprint density at radius 3 is 2.84 bits per heavy atom. The highest BCUT2D eigenvalue weighted by molar-refractivity contribution is 5.86. The van der Waals surface area contributed by atoms with Crippen molar-refractivity contribution in [2.24, 2.45) is 0 Å². The standard InChI is InChI=1S/C20H30N2O3/c1-25-18-10-5-7-16(13-18)14-22-12-6-11-20(24,19(22)23)15-21-17-8-3-2-4-9-17/h5,7,10,13,17,21,24H,2-4,6,8-9,11-12,14-15H2,1H3/t20-/m1/s1. The lowest BCUT2D eigenvalue weighted by molar-refractivity contribution is -0.157. The highest BCUT2D eigenvalue weighted by Crippen LogP contribution is 2.26. The first-order chi connectivity index (χ1) is 12.1. The molecule has 25 heavy (non-hydrogen) atoms. The van der Waals surface area contributed by atoms with Gasteiger partial charge >= 0.3 is 0 Å². The molecule has 0 unspecified atom stereocenters. The van der Waals surface area contributed by atoms with Crippen LogP contribution in [0.4, 0.5) is 0 Å². The molecule has 1 aromatic rings. The van der Waals surface area contributed by atoms with E-state index in [1.54, 1.807) is 12.0 Å². The van der Waals surface area contributed by atoms with Crippen molar-refractivity contribution in [1.82, 2.24) is 10.2 Å². The van der Waals surface area contributed by atoms with Gasteiger partial charge in [0.1, 0.15) is 5.75 Å². The zero-order chi connectivity index (χ0) is 17.7. The van der Waals surface area contributed by atoms with Gasteiger partial charge in [0.15, 0.2) is 5.60 Å². The minimum absolute atomic E-state index is 0.148. The Morgan fingerprint density at radius 2 is 2.08 bits per heavy atom. The van der Waals surface area contributed by atoms with Gasteiger partial charge in [-0.05, 0) is 43.4 Å². The smallest absolute Gasteiger partial charge is 0.256 e. The number of nitrogens with one attached hydrogen (secondary N) is 1. The van der Waals surface area contributed by atoms with E-state index in [0.29, 0.717) is 32.1 Å². The molecule has 5 nitrogen and oxygen atoms in total. The van der Waals surface area contributed by atoms with Crippen LogP contribution in [0.5, 0.6) is 5.75 Å². The highest BCUT2D eigenvalue weighted by Gasteiger charge is 2.42. The quantitative estimate of drug-likeness (QED) is 0.831. The summed E-state index contributed by atoms with van der Waals surface area (Å²) in [4.78, 5) is 14.7. The van der Waals surface area contributed by atoms with Gasteiger partial charge in [-0.25, -0.2) is 0 Å². The van der Waals surface area contributed by atoms with Crippen LogP contribution in [-0.4, -0.2) is 47.8 Å². The third-order valence-corrected chi connectivity index (χ3v) is 5.50. The normalized spacial score (nSPS) is 25.2. The Hall–Kier alpha value is -1.59. The molecular formula is C20H30N2O3. The number of carbonyl (C=O) groups is 1. The molecule has 5 heteroatoms. The van der Waals surface area contributed by atoms with Crippen LogP contribution in [0, 0.1) is 0 Å². The third kappa shape index (κ3) is 4.53. The van der Waals surface area contributed by atoms with Crippen LogP contribution in [-0.2, 0) is 11.3 Å². The average molecular weight is 346 g/mol. The van der Waals surface area contributed by atoms with Crippen molar-refractivity contribution in [1.29, 1.82) is 0 Å². The molecule has 0 bridgehead atoms. The number of piperidine rings is 1. The molecule has 1 aromatic carbocycles. The summed E-state index contributed by atoms with van der Waals surface area (Å²) in [6, 6.07) is 8.20. The maximum Gasteiger partial charge on any atom is 0.256 e. The Bertz CT molecular complexity index is 586. The van der Waals surface area contributed by atoms with E-state index >= 15 is 0 Å². The molecule has 3 rings (SSSR count). The summed E-state index contributed by atoms with van der Waals surface area (Å²) < 4.78 is 5.25. The first-order valence-electron chi connectivity index (χ1n) is 9.49. The lowest BCUT2D eigenvalue weighted by atomic mass is 9.89. The Balaban J connectivity index is 1.60. The summed E-state index contributed by atoms with van der Waals surface area (Å²) >= 11 is 0. The number of likely N-dealkylation sites (tertiary alicyclic amines) is 1. The predicted molar refractivity (Wildman–Crippen MR) is 97.5 cm³/mol. The molecule has 0 radical (unpaired) electrons. The van der Waals surface area contributed by atoms with Crippen LogP contribution in [0.25, 0.3) is 0 Å². The summed E-state index contributed by atoms with van der Waals surface area (Å²) in [5.41, 5.74) is -0.244. The SMILES string of the molecule is COc1cccc(CN2CCC[C@@](O)(CNC3CCCCC3)C2=O)c1. The largest absolute Gasteiger partial charge is 0.497 e. The number of carbonyl (C=O) groups excluding carboxylic acids is 1. The second kappa shape index (κ2) is 8.19. The molecule has 138 valence electrons. The van der Waals surface area contributed by atoms with Gasteiger partial charge in [-0.3, -0.25) is 4.79 Å². The summed E-state index contributed by atoms with van der Waals surface area (Å²) in [5.74, 6) is 0.640. The molecule has 0 aromatic heterocycles. The molecule has 1 aliphatic carbocycles. The van der Waals surface area contributed by atoms with Gasteiger partial charge in [0.2, 0.25) is 0 Å². The summed E-state index contributed by atoms with van der Waals surface area (Å²) in [6.07, 6.45) is 7.46. The number of amides is 1. The van der Waals surface area contributed by atoms with Crippen molar-refractivity contribution in [2.75, 3.05) is 20.2 Å². The first kappa shape index (κ1) is 18.2. The number of hydrogen-bond donors (Lipinski definition) is 2. The molecule has 2 N–H and O–H groups in total. The van der Waals surface area contributed by atoms with Crippen LogP contribution < -0.4 is 10.1 Å². The van der Waals surface area contributed by atoms with Crippen molar-refractivity contribution >= 4 is 5.91 Å². The summed E-state index contributed by atoms with van der Waals surface area (Å²) in [6.45, 7) is 1.58. The molecule has 1 saturated carbocycles. The lowest BCUT2D eigenvalue weighted by Gasteiger charge is -2.39. The fourth-order valence-corrected chi connectivity index (χ4v) is 3.99. The summed E-state index contributed by atoms with van der Waals surface area (Å²) in [7, 11) is 1.64. The van der Waals surface area contributed by atoms with E-state index in [1.807, 2.05) is 24.3 Å². The number of rotatable bonds is 6. The second-order valence-electron chi connectivity index (χ2n) is 7.43. The zero-order valence-electron chi connectivity index (χ0n) is 15.2. The van der Waals surface area contributed by atoms with Crippen LogP contribution >= 0.6 is 0 Å². The van der Waals surface area contributed by atoms with Crippen molar-refractivity contribution in [3.05, 3.63) is 29.8 Å². The minimum Gasteiger partial charge on any atom is -0.497 e. The Labute approximate surface area is 150 Å². The van der Waals surface area contributed by atoms with Crippen molar-refractivity contribution < 1.29 is 14.6 Å². The lowest BCUT2D eigenvalue weighted by Crippen LogP contribution is -2.58. The van der Waals surface area contributed by atoms with Crippen LogP contribution in [0.2, 0.25) is 0 Å². The van der Waals surface area contributed by atoms with E-state index in [4.69, 9.17) is 4.74 Å². The average Bonchev–Trinajstić information content (AvgIpc) is 2.65. The molecule has 2 aliphatic rings. The van der Waals surface area contributed by atoms with Gasteiger partial charge in [-0.15, -0.1) is 0 Å². The van der Waals surface area contributed by atoms with Gasteiger partial charge in [-0.2, -0.15) is 0 Å². The molecule has 0 spiro atoms. The molecule has 1 aliphatic heterocycles. The number of benzene rings is 1. The maximum absolute atomic E-state index is 12.9. The molecule has 1 heterocycles. The van der Waals surface area contributed by atoms with Crippen molar-refractivity contribution in [3.63, 3.8) is 0 Å². The van der Waals surface area contributed by atoms with Gasteiger partial charge in [0, 0.05) is 25.7 Å². The van der Waals surface area contributed by atoms with E-state index in [-0.39, 0.29) is 5.91 Å². The van der Waals surface area contributed by atoms with E-state index < -0.39 is 5.60 Å². The number of aliphatic hydroxyl groups is 1. The Morgan fingerprint density at radius 1 is 1.28 bits per heavy atom. The van der Waals surface area contributed by atoms with Crippen molar-refractivity contribution in [2.45, 2.75) is 63.1 Å². The first-order valence-corrected chi connectivity index (χ1v) is 9.49. The monoisotopic (exact) mass is 346 g/mol. The van der Waals surface area contributed by atoms with E-state index in [1.165, 1.54) is 19.3 Å². The maximum atomic E-state index is 12.9. The Kier molecular flexibility index (Phi) is 5.97. The number of hydrogen-bond acceptors (Lipinski definition) is 4. The van der Waals surface area contributed by atoms with Gasteiger partial charge < -0.3 is 20.1 Å². The number of nitrogens with zero attached hydrogens (tertiary/aromatic N) is 1. The zero-order valence-corrected chi connectivity index (χ0v) is 15.2. The van der Waals surface area contributed by atoms with Crippen LogP contribution in [0.15, 0.2) is 24.3 Å². The fourth-order valence-electron chi connectivity index (χ4n) is 3.99. The second-order valence-corrected chi connectivity index (χ2v) is 7.43. The molecule has 2 fully saturated rings.